The Morgan fingerprint density at radius 3 is 2.96 bits per heavy atom. The van der Waals surface area contributed by atoms with Crippen molar-refractivity contribution >= 4 is 10.8 Å². The van der Waals surface area contributed by atoms with E-state index in [1.165, 1.54) is 60.8 Å². The Labute approximate surface area is 149 Å². The van der Waals surface area contributed by atoms with Crippen LogP contribution in [0, 0.1) is 5.92 Å². The first-order valence-corrected chi connectivity index (χ1v) is 9.32. The second-order valence-electron chi connectivity index (χ2n) is 7.16. The highest BCUT2D eigenvalue weighted by Gasteiger charge is 2.22. The molecule has 2 aromatic heterocycles. The maximum atomic E-state index is 4.45. The lowest BCUT2D eigenvalue weighted by atomic mass is 9.98. The molecule has 0 radical (unpaired) electrons. The summed E-state index contributed by atoms with van der Waals surface area (Å²) in [6.45, 7) is 3.43. The Morgan fingerprint density at radius 2 is 2.04 bits per heavy atom. The number of aromatic nitrogens is 2. The van der Waals surface area contributed by atoms with Crippen molar-refractivity contribution in [1.29, 1.82) is 0 Å². The molecule has 3 aromatic rings. The summed E-state index contributed by atoms with van der Waals surface area (Å²) in [6, 6.07) is 15.1. The van der Waals surface area contributed by atoms with Crippen LogP contribution >= 0.6 is 0 Å². The Morgan fingerprint density at radius 1 is 1.04 bits per heavy atom. The van der Waals surface area contributed by atoms with Gasteiger partial charge in [-0.3, -0.25) is 14.9 Å². The minimum atomic E-state index is 0.841. The van der Waals surface area contributed by atoms with Crippen molar-refractivity contribution in [3.8, 4) is 0 Å². The zero-order valence-electron chi connectivity index (χ0n) is 14.6. The van der Waals surface area contributed by atoms with Gasteiger partial charge in [-0.15, -0.1) is 0 Å². The van der Waals surface area contributed by atoms with Crippen LogP contribution in [0.3, 0.4) is 0 Å². The zero-order valence-corrected chi connectivity index (χ0v) is 14.6. The first kappa shape index (κ1) is 16.2. The minimum Gasteiger partial charge on any atom is -0.297 e. The van der Waals surface area contributed by atoms with Crippen LogP contribution in [0.15, 0.2) is 61.1 Å². The molecule has 1 fully saturated rings. The minimum absolute atomic E-state index is 0.841. The van der Waals surface area contributed by atoms with E-state index in [-0.39, 0.29) is 0 Å². The third-order valence-electron chi connectivity index (χ3n) is 5.26. The first-order valence-electron chi connectivity index (χ1n) is 9.32. The molecule has 1 aliphatic heterocycles. The molecule has 0 N–H and O–H groups in total. The molecule has 128 valence electrons. The highest BCUT2D eigenvalue weighted by Crippen LogP contribution is 2.24. The van der Waals surface area contributed by atoms with Gasteiger partial charge in [-0.1, -0.05) is 24.3 Å². The van der Waals surface area contributed by atoms with E-state index in [4.69, 9.17) is 0 Å². The van der Waals surface area contributed by atoms with E-state index in [1.807, 2.05) is 24.7 Å². The van der Waals surface area contributed by atoms with Gasteiger partial charge in [0.25, 0.3) is 0 Å². The summed E-state index contributed by atoms with van der Waals surface area (Å²) >= 11 is 0. The van der Waals surface area contributed by atoms with Gasteiger partial charge >= 0.3 is 0 Å². The summed E-state index contributed by atoms with van der Waals surface area (Å²) in [5.41, 5.74) is 2.64. The number of nitrogens with zero attached hydrogens (tertiary/aromatic N) is 3. The topological polar surface area (TPSA) is 29.0 Å². The lowest BCUT2D eigenvalue weighted by Crippen LogP contribution is -2.20. The Hall–Kier alpha value is -2.26. The molecule has 0 amide bonds. The van der Waals surface area contributed by atoms with Gasteiger partial charge in [0.2, 0.25) is 0 Å². The van der Waals surface area contributed by atoms with Crippen LogP contribution < -0.4 is 0 Å². The average molecular weight is 331 g/mol. The van der Waals surface area contributed by atoms with Crippen LogP contribution in [-0.4, -0.2) is 28.0 Å². The first-order chi connectivity index (χ1) is 12.4. The van der Waals surface area contributed by atoms with Crippen molar-refractivity contribution in [2.75, 3.05) is 13.1 Å². The number of benzene rings is 1. The third-order valence-corrected chi connectivity index (χ3v) is 5.26. The van der Waals surface area contributed by atoms with Crippen LogP contribution in [0.5, 0.6) is 0 Å². The van der Waals surface area contributed by atoms with Crippen LogP contribution in [0.4, 0.5) is 0 Å². The van der Waals surface area contributed by atoms with Crippen LogP contribution in [-0.2, 0) is 13.0 Å². The standard InChI is InChI=1S/C22H25N3/c1-2-11-24-22(6-1)17-25-13-10-19(16-25)5-3-4-18-7-8-21-15-23-12-9-20(21)14-18/h1-2,6-9,11-12,14-15,19H,3-5,10,13,16-17H2. The van der Waals surface area contributed by atoms with Gasteiger partial charge in [0.1, 0.15) is 0 Å². The van der Waals surface area contributed by atoms with Crippen molar-refractivity contribution in [3.63, 3.8) is 0 Å². The largest absolute Gasteiger partial charge is 0.297 e. The van der Waals surface area contributed by atoms with Crippen molar-refractivity contribution in [1.82, 2.24) is 14.9 Å². The quantitative estimate of drug-likeness (QED) is 0.667. The van der Waals surface area contributed by atoms with Gasteiger partial charge in [-0.25, -0.2) is 0 Å². The number of pyridine rings is 2. The number of likely N-dealkylation sites (tertiary alicyclic amines) is 1. The molecule has 1 aliphatic rings. The molecule has 3 heterocycles. The van der Waals surface area contributed by atoms with Crippen LogP contribution in [0.25, 0.3) is 10.8 Å². The van der Waals surface area contributed by atoms with Crippen LogP contribution in [0.2, 0.25) is 0 Å². The fraction of sp³-hybridized carbons (Fsp3) is 0.364. The normalized spacial score (nSPS) is 18.0. The number of hydrogen-bond acceptors (Lipinski definition) is 3. The molecule has 1 saturated heterocycles. The van der Waals surface area contributed by atoms with Crippen molar-refractivity contribution in [3.05, 3.63) is 72.3 Å². The number of hydrogen-bond donors (Lipinski definition) is 0. The zero-order chi connectivity index (χ0) is 16.9. The molecular weight excluding hydrogens is 306 g/mol. The summed E-state index contributed by atoms with van der Waals surface area (Å²) < 4.78 is 0. The van der Waals surface area contributed by atoms with E-state index in [9.17, 15) is 0 Å². The summed E-state index contributed by atoms with van der Waals surface area (Å²) in [7, 11) is 0. The highest BCUT2D eigenvalue weighted by atomic mass is 15.1. The average Bonchev–Trinajstić information content (AvgIpc) is 3.10. The van der Waals surface area contributed by atoms with Gasteiger partial charge in [-0.05, 0) is 67.3 Å². The molecule has 25 heavy (non-hydrogen) atoms. The number of fused-ring (bicyclic) bond motifs is 1. The van der Waals surface area contributed by atoms with E-state index < -0.39 is 0 Å². The van der Waals surface area contributed by atoms with Crippen molar-refractivity contribution in [2.45, 2.75) is 32.2 Å². The maximum Gasteiger partial charge on any atom is 0.0543 e. The van der Waals surface area contributed by atoms with Crippen molar-refractivity contribution < 1.29 is 0 Å². The molecule has 0 spiro atoms. The molecule has 1 unspecified atom stereocenters. The van der Waals surface area contributed by atoms with E-state index in [0.717, 1.165) is 12.5 Å². The number of aryl methyl sites for hydroxylation is 1. The van der Waals surface area contributed by atoms with Gasteiger partial charge < -0.3 is 0 Å². The molecule has 3 heteroatoms. The summed E-state index contributed by atoms with van der Waals surface area (Å²) in [4.78, 5) is 11.2. The van der Waals surface area contributed by atoms with Gasteiger partial charge in [0.15, 0.2) is 0 Å². The molecule has 1 atom stereocenters. The lowest BCUT2D eigenvalue weighted by molar-refractivity contribution is 0.308. The van der Waals surface area contributed by atoms with Gasteiger partial charge in [0.05, 0.1) is 5.69 Å². The van der Waals surface area contributed by atoms with Gasteiger partial charge in [-0.2, -0.15) is 0 Å². The molecule has 4 rings (SSSR count). The van der Waals surface area contributed by atoms with Crippen molar-refractivity contribution in [2.24, 2.45) is 5.92 Å². The summed E-state index contributed by atoms with van der Waals surface area (Å²) in [5.74, 6) is 0.841. The predicted molar refractivity (Wildman–Crippen MR) is 102 cm³/mol. The fourth-order valence-corrected chi connectivity index (χ4v) is 3.90. The monoisotopic (exact) mass is 331 g/mol. The van der Waals surface area contributed by atoms with Gasteiger partial charge in [0, 0.05) is 37.1 Å². The molecule has 0 saturated carbocycles. The molecule has 0 bridgehead atoms. The third kappa shape index (κ3) is 4.23. The lowest BCUT2D eigenvalue weighted by Gasteiger charge is -2.15. The predicted octanol–water partition coefficient (Wildman–Crippen LogP) is 4.47. The SMILES string of the molecule is c1ccc(CN2CCC(CCCc3ccc4cnccc4c3)C2)nc1. The second-order valence-corrected chi connectivity index (χ2v) is 7.16. The van der Waals surface area contributed by atoms with E-state index in [2.05, 4.69) is 51.3 Å². The summed E-state index contributed by atoms with van der Waals surface area (Å²) in [5, 5.41) is 2.53. The summed E-state index contributed by atoms with van der Waals surface area (Å²) in [6.07, 6.45) is 10.8. The van der Waals surface area contributed by atoms with Crippen LogP contribution in [0.1, 0.15) is 30.5 Å². The Kier molecular flexibility index (Phi) is 5.03. The Balaban J connectivity index is 1.25. The maximum absolute atomic E-state index is 4.45. The highest BCUT2D eigenvalue weighted by molar-refractivity contribution is 5.81. The van der Waals surface area contributed by atoms with E-state index in [1.54, 1.807) is 0 Å². The molecule has 3 nitrogen and oxygen atoms in total. The number of rotatable bonds is 6. The smallest absolute Gasteiger partial charge is 0.0543 e. The Bertz CT molecular complexity index is 816. The van der Waals surface area contributed by atoms with E-state index >= 15 is 0 Å². The second kappa shape index (κ2) is 7.75. The molecule has 1 aromatic carbocycles. The molecular formula is C22H25N3. The molecule has 0 aliphatic carbocycles. The van der Waals surface area contributed by atoms with E-state index in [0.29, 0.717) is 0 Å². The fourth-order valence-electron chi connectivity index (χ4n) is 3.90.